The van der Waals surface area contributed by atoms with E-state index in [-0.39, 0.29) is 5.97 Å². The van der Waals surface area contributed by atoms with Crippen LogP contribution in [0.15, 0.2) is 0 Å². The predicted octanol–water partition coefficient (Wildman–Crippen LogP) is 0.938. The van der Waals surface area contributed by atoms with E-state index >= 15 is 0 Å². The van der Waals surface area contributed by atoms with Gasteiger partial charge < -0.3 is 10.1 Å². The maximum Gasteiger partial charge on any atom is 0.319 e. The number of nitrogens with one attached hydrogen (secondary N) is 1. The maximum absolute atomic E-state index is 10.9. The Morgan fingerprint density at radius 1 is 1.67 bits per heavy atom. The van der Waals surface area contributed by atoms with Gasteiger partial charge in [-0.3, -0.25) is 4.79 Å². The lowest BCUT2D eigenvalue weighted by atomic mass is 10.2. The van der Waals surface area contributed by atoms with Gasteiger partial charge in [0.25, 0.3) is 0 Å². The molecule has 70 valence electrons. The van der Waals surface area contributed by atoms with Gasteiger partial charge in [0.05, 0.1) is 13.2 Å². The second kappa shape index (κ2) is 4.45. The average Bonchev–Trinajstić information content (AvgIpc) is 2.83. The standard InChI is InChI=1S/C9H17NO2/c1-3-12-9(11)6-10-7(2)8-4-5-8/h7-8,10H,3-6H2,1-2H3. The minimum Gasteiger partial charge on any atom is -0.465 e. The fraction of sp³-hybridized carbons (Fsp3) is 0.889. The van der Waals surface area contributed by atoms with Crippen molar-refractivity contribution in [2.45, 2.75) is 32.7 Å². The number of rotatable bonds is 5. The fourth-order valence-corrected chi connectivity index (χ4v) is 1.22. The van der Waals surface area contributed by atoms with Crippen molar-refractivity contribution < 1.29 is 9.53 Å². The van der Waals surface area contributed by atoms with Gasteiger partial charge >= 0.3 is 5.97 Å². The normalized spacial score (nSPS) is 18.8. The van der Waals surface area contributed by atoms with E-state index in [1.165, 1.54) is 12.8 Å². The van der Waals surface area contributed by atoms with Gasteiger partial charge in [-0.1, -0.05) is 0 Å². The lowest BCUT2D eigenvalue weighted by Crippen LogP contribution is -2.33. The molecule has 3 heteroatoms. The van der Waals surface area contributed by atoms with Crippen LogP contribution in [0.5, 0.6) is 0 Å². The van der Waals surface area contributed by atoms with Crippen LogP contribution in [0.2, 0.25) is 0 Å². The van der Waals surface area contributed by atoms with E-state index in [1.807, 2.05) is 6.92 Å². The van der Waals surface area contributed by atoms with Crippen molar-refractivity contribution >= 4 is 5.97 Å². The van der Waals surface area contributed by atoms with Crippen LogP contribution in [0.25, 0.3) is 0 Å². The summed E-state index contributed by atoms with van der Waals surface area (Å²) in [5.74, 6) is 0.643. The molecule has 1 atom stereocenters. The van der Waals surface area contributed by atoms with Gasteiger partial charge in [-0.05, 0) is 32.6 Å². The van der Waals surface area contributed by atoms with Gasteiger partial charge in [-0.15, -0.1) is 0 Å². The molecule has 1 N–H and O–H groups in total. The number of carbonyl (C=O) groups is 1. The molecule has 1 saturated carbocycles. The minimum absolute atomic E-state index is 0.148. The van der Waals surface area contributed by atoms with Crippen molar-refractivity contribution in [3.05, 3.63) is 0 Å². The van der Waals surface area contributed by atoms with Crippen LogP contribution in [-0.4, -0.2) is 25.2 Å². The van der Waals surface area contributed by atoms with Gasteiger partial charge in [0.2, 0.25) is 0 Å². The maximum atomic E-state index is 10.9. The molecule has 0 heterocycles. The number of hydrogen-bond donors (Lipinski definition) is 1. The Labute approximate surface area is 73.5 Å². The molecule has 1 fully saturated rings. The molecule has 0 aromatic heterocycles. The first-order valence-corrected chi connectivity index (χ1v) is 4.63. The third-order valence-electron chi connectivity index (χ3n) is 2.20. The van der Waals surface area contributed by atoms with Crippen LogP contribution in [0.1, 0.15) is 26.7 Å². The third-order valence-corrected chi connectivity index (χ3v) is 2.20. The van der Waals surface area contributed by atoms with E-state index in [0.29, 0.717) is 19.2 Å². The largest absolute Gasteiger partial charge is 0.465 e. The van der Waals surface area contributed by atoms with Crippen molar-refractivity contribution in [1.29, 1.82) is 0 Å². The molecule has 0 bridgehead atoms. The smallest absolute Gasteiger partial charge is 0.319 e. The summed E-state index contributed by atoms with van der Waals surface area (Å²) in [5.41, 5.74) is 0. The highest BCUT2D eigenvalue weighted by Gasteiger charge is 2.27. The second-order valence-electron chi connectivity index (χ2n) is 3.31. The molecule has 1 aliphatic rings. The van der Waals surface area contributed by atoms with Crippen LogP contribution in [0.3, 0.4) is 0 Å². The van der Waals surface area contributed by atoms with Gasteiger partial charge in [-0.2, -0.15) is 0 Å². The molecule has 1 rings (SSSR count). The highest BCUT2D eigenvalue weighted by atomic mass is 16.5. The SMILES string of the molecule is CCOC(=O)CNC(C)C1CC1. The molecular weight excluding hydrogens is 154 g/mol. The van der Waals surface area contributed by atoms with Crippen molar-refractivity contribution in [3.63, 3.8) is 0 Å². The quantitative estimate of drug-likeness (QED) is 0.625. The summed E-state index contributed by atoms with van der Waals surface area (Å²) in [4.78, 5) is 10.9. The topological polar surface area (TPSA) is 38.3 Å². The Morgan fingerprint density at radius 3 is 2.83 bits per heavy atom. The Morgan fingerprint density at radius 2 is 2.33 bits per heavy atom. The third kappa shape index (κ3) is 3.22. The average molecular weight is 171 g/mol. The molecule has 0 aromatic carbocycles. The van der Waals surface area contributed by atoms with Gasteiger partial charge in [0, 0.05) is 6.04 Å². The zero-order chi connectivity index (χ0) is 8.97. The summed E-state index contributed by atoms with van der Waals surface area (Å²) in [6.45, 7) is 4.77. The number of esters is 1. The van der Waals surface area contributed by atoms with E-state index in [9.17, 15) is 4.79 Å². The first-order valence-electron chi connectivity index (χ1n) is 4.63. The molecule has 3 nitrogen and oxygen atoms in total. The van der Waals surface area contributed by atoms with Crippen LogP contribution in [-0.2, 0) is 9.53 Å². The monoisotopic (exact) mass is 171 g/mol. The van der Waals surface area contributed by atoms with E-state index in [0.717, 1.165) is 5.92 Å². The summed E-state index contributed by atoms with van der Waals surface area (Å²) < 4.78 is 4.79. The molecule has 1 unspecified atom stereocenters. The first-order chi connectivity index (χ1) is 5.74. The van der Waals surface area contributed by atoms with Crippen LogP contribution in [0, 0.1) is 5.92 Å². The van der Waals surface area contributed by atoms with Gasteiger partial charge in [-0.25, -0.2) is 0 Å². The summed E-state index contributed by atoms with van der Waals surface area (Å²) in [6, 6.07) is 0.467. The predicted molar refractivity (Wildman–Crippen MR) is 46.8 cm³/mol. The van der Waals surface area contributed by atoms with Crippen LogP contribution < -0.4 is 5.32 Å². The Hall–Kier alpha value is -0.570. The Bertz CT molecular complexity index is 155. The molecule has 0 aliphatic heterocycles. The highest BCUT2D eigenvalue weighted by Crippen LogP contribution is 2.32. The lowest BCUT2D eigenvalue weighted by molar-refractivity contribution is -0.142. The van der Waals surface area contributed by atoms with Crippen LogP contribution >= 0.6 is 0 Å². The summed E-state index contributed by atoms with van der Waals surface area (Å²) in [6.07, 6.45) is 2.61. The summed E-state index contributed by atoms with van der Waals surface area (Å²) in [7, 11) is 0. The lowest BCUT2D eigenvalue weighted by Gasteiger charge is -2.11. The molecule has 0 spiro atoms. The van der Waals surface area contributed by atoms with Crippen molar-refractivity contribution in [2.75, 3.05) is 13.2 Å². The van der Waals surface area contributed by atoms with Gasteiger partial charge in [0.15, 0.2) is 0 Å². The minimum atomic E-state index is -0.148. The molecule has 0 radical (unpaired) electrons. The van der Waals surface area contributed by atoms with Crippen molar-refractivity contribution in [1.82, 2.24) is 5.32 Å². The number of hydrogen-bond acceptors (Lipinski definition) is 3. The summed E-state index contributed by atoms with van der Waals surface area (Å²) >= 11 is 0. The highest BCUT2D eigenvalue weighted by molar-refractivity contribution is 5.71. The van der Waals surface area contributed by atoms with E-state index in [4.69, 9.17) is 4.74 Å². The van der Waals surface area contributed by atoms with Crippen molar-refractivity contribution in [3.8, 4) is 0 Å². The molecule has 1 aliphatic carbocycles. The second-order valence-corrected chi connectivity index (χ2v) is 3.31. The molecule has 12 heavy (non-hydrogen) atoms. The molecule has 0 saturated heterocycles. The Balaban J connectivity index is 2.03. The van der Waals surface area contributed by atoms with E-state index in [1.54, 1.807) is 0 Å². The Kier molecular flexibility index (Phi) is 3.53. The summed E-state index contributed by atoms with van der Waals surface area (Å²) in [5, 5.41) is 3.15. The zero-order valence-electron chi connectivity index (χ0n) is 7.80. The molecule has 0 aromatic rings. The molecule has 0 amide bonds. The fourth-order valence-electron chi connectivity index (χ4n) is 1.22. The van der Waals surface area contributed by atoms with E-state index in [2.05, 4.69) is 12.2 Å². The first kappa shape index (κ1) is 9.52. The molecular formula is C9H17NO2. The van der Waals surface area contributed by atoms with Gasteiger partial charge in [0.1, 0.15) is 0 Å². The zero-order valence-corrected chi connectivity index (χ0v) is 7.80. The van der Waals surface area contributed by atoms with Crippen LogP contribution in [0.4, 0.5) is 0 Å². The number of ether oxygens (including phenoxy) is 1. The van der Waals surface area contributed by atoms with Crippen molar-refractivity contribution in [2.24, 2.45) is 5.92 Å². The van der Waals surface area contributed by atoms with E-state index < -0.39 is 0 Å². The number of carbonyl (C=O) groups excluding carboxylic acids is 1.